The van der Waals surface area contributed by atoms with Crippen LogP contribution in [-0.2, 0) is 14.3 Å². The second kappa shape index (κ2) is 6.54. The summed E-state index contributed by atoms with van der Waals surface area (Å²) in [5, 5.41) is 0. The highest BCUT2D eigenvalue weighted by Gasteiger charge is 2.42. The maximum absolute atomic E-state index is 12.7. The van der Waals surface area contributed by atoms with Crippen molar-refractivity contribution in [1.29, 1.82) is 0 Å². The van der Waals surface area contributed by atoms with Crippen molar-refractivity contribution in [3.05, 3.63) is 0 Å². The van der Waals surface area contributed by atoms with Crippen molar-refractivity contribution in [3.8, 4) is 0 Å². The van der Waals surface area contributed by atoms with Crippen molar-refractivity contribution in [2.45, 2.75) is 25.7 Å². The fourth-order valence-corrected chi connectivity index (χ4v) is 3.25. The molecular formula is C14H25N3O3. The van der Waals surface area contributed by atoms with Crippen molar-refractivity contribution in [2.24, 2.45) is 11.1 Å². The third-order valence-electron chi connectivity index (χ3n) is 4.64. The molecule has 0 bridgehead atoms. The van der Waals surface area contributed by atoms with Crippen molar-refractivity contribution < 1.29 is 14.3 Å². The first kappa shape index (κ1) is 15.3. The van der Waals surface area contributed by atoms with Gasteiger partial charge in [-0.15, -0.1) is 0 Å². The fraction of sp³-hybridized carbons (Fsp3) is 0.857. The zero-order chi connectivity index (χ0) is 14.6. The Kier molecular flexibility index (Phi) is 4.99. The molecule has 1 aliphatic heterocycles. The highest BCUT2D eigenvalue weighted by atomic mass is 16.5. The Labute approximate surface area is 120 Å². The van der Waals surface area contributed by atoms with Crippen LogP contribution in [-0.4, -0.2) is 68.1 Å². The fourth-order valence-electron chi connectivity index (χ4n) is 3.25. The van der Waals surface area contributed by atoms with Gasteiger partial charge >= 0.3 is 5.97 Å². The molecule has 1 amide bonds. The topological polar surface area (TPSA) is 75.9 Å². The summed E-state index contributed by atoms with van der Waals surface area (Å²) in [4.78, 5) is 27.9. The molecule has 2 N–H and O–H groups in total. The zero-order valence-electron chi connectivity index (χ0n) is 12.3. The normalized spacial score (nSPS) is 22.8. The molecular weight excluding hydrogens is 258 g/mol. The molecule has 2 rings (SSSR count). The molecule has 114 valence electrons. The van der Waals surface area contributed by atoms with E-state index in [1.807, 2.05) is 9.80 Å². The van der Waals surface area contributed by atoms with E-state index in [4.69, 9.17) is 5.73 Å². The first-order valence-corrected chi connectivity index (χ1v) is 7.40. The molecule has 1 saturated carbocycles. The smallest absolute Gasteiger partial charge is 0.319 e. The lowest BCUT2D eigenvalue weighted by atomic mass is 9.84. The van der Waals surface area contributed by atoms with Crippen LogP contribution in [0.2, 0.25) is 0 Å². The van der Waals surface area contributed by atoms with Gasteiger partial charge in [0.25, 0.3) is 0 Å². The Bertz CT molecular complexity index is 359. The van der Waals surface area contributed by atoms with Gasteiger partial charge in [0, 0.05) is 32.7 Å². The summed E-state index contributed by atoms with van der Waals surface area (Å²) in [5.74, 6) is -0.00536. The van der Waals surface area contributed by atoms with Crippen LogP contribution in [0.4, 0.5) is 0 Å². The van der Waals surface area contributed by atoms with E-state index in [0.717, 1.165) is 38.8 Å². The number of rotatable bonds is 4. The van der Waals surface area contributed by atoms with Crippen molar-refractivity contribution in [3.63, 3.8) is 0 Å². The van der Waals surface area contributed by atoms with Gasteiger partial charge in [0.2, 0.25) is 5.91 Å². The average molecular weight is 283 g/mol. The van der Waals surface area contributed by atoms with E-state index in [9.17, 15) is 9.59 Å². The molecule has 6 nitrogen and oxygen atoms in total. The van der Waals surface area contributed by atoms with Gasteiger partial charge in [-0.05, 0) is 12.8 Å². The Hall–Kier alpha value is -1.14. The third-order valence-corrected chi connectivity index (χ3v) is 4.64. The van der Waals surface area contributed by atoms with Gasteiger partial charge in [0.15, 0.2) is 0 Å². The van der Waals surface area contributed by atoms with E-state index in [1.54, 1.807) is 0 Å². The number of amides is 1. The monoisotopic (exact) mass is 283 g/mol. The molecule has 0 atom stereocenters. The Morgan fingerprint density at radius 3 is 2.25 bits per heavy atom. The lowest BCUT2D eigenvalue weighted by molar-refractivity contribution is -0.145. The minimum absolute atomic E-state index is 0.218. The number of ether oxygens (including phenoxy) is 1. The van der Waals surface area contributed by atoms with Gasteiger partial charge in [0.05, 0.1) is 19.1 Å². The molecule has 0 aromatic carbocycles. The van der Waals surface area contributed by atoms with Gasteiger partial charge < -0.3 is 15.4 Å². The number of esters is 1. The van der Waals surface area contributed by atoms with E-state index in [1.165, 1.54) is 7.11 Å². The molecule has 2 fully saturated rings. The maximum Gasteiger partial charge on any atom is 0.319 e. The summed E-state index contributed by atoms with van der Waals surface area (Å²) in [6, 6.07) is 0. The Morgan fingerprint density at radius 1 is 1.15 bits per heavy atom. The Morgan fingerprint density at radius 2 is 1.75 bits per heavy atom. The minimum Gasteiger partial charge on any atom is -0.468 e. The molecule has 0 aromatic rings. The number of hydrogen-bond acceptors (Lipinski definition) is 5. The molecule has 0 spiro atoms. The average Bonchev–Trinajstić information content (AvgIpc) is 2.97. The van der Waals surface area contributed by atoms with Crippen molar-refractivity contribution >= 4 is 11.9 Å². The molecule has 2 aliphatic rings. The first-order valence-electron chi connectivity index (χ1n) is 7.40. The molecule has 1 heterocycles. The summed E-state index contributed by atoms with van der Waals surface area (Å²) in [6.45, 7) is 3.56. The molecule has 6 heteroatoms. The molecule has 20 heavy (non-hydrogen) atoms. The molecule has 0 aromatic heterocycles. The van der Waals surface area contributed by atoms with E-state index in [-0.39, 0.29) is 17.3 Å². The van der Waals surface area contributed by atoms with Crippen LogP contribution in [0.5, 0.6) is 0 Å². The van der Waals surface area contributed by atoms with Crippen LogP contribution in [0, 0.1) is 5.41 Å². The number of methoxy groups -OCH3 is 1. The van der Waals surface area contributed by atoms with E-state index >= 15 is 0 Å². The number of piperazine rings is 1. The van der Waals surface area contributed by atoms with E-state index in [2.05, 4.69) is 4.74 Å². The lowest BCUT2D eigenvalue weighted by Crippen LogP contribution is -2.55. The van der Waals surface area contributed by atoms with Crippen LogP contribution in [0.3, 0.4) is 0 Å². The van der Waals surface area contributed by atoms with Crippen LogP contribution in [0.1, 0.15) is 25.7 Å². The number of carbonyl (C=O) groups excluding carboxylic acids is 2. The van der Waals surface area contributed by atoms with E-state index in [0.29, 0.717) is 26.2 Å². The largest absolute Gasteiger partial charge is 0.468 e. The second-order valence-corrected chi connectivity index (χ2v) is 5.84. The van der Waals surface area contributed by atoms with Crippen molar-refractivity contribution in [1.82, 2.24) is 9.80 Å². The predicted molar refractivity (Wildman–Crippen MR) is 75.0 cm³/mol. The van der Waals surface area contributed by atoms with Crippen LogP contribution in [0.25, 0.3) is 0 Å². The third kappa shape index (κ3) is 3.12. The summed E-state index contributed by atoms with van der Waals surface area (Å²) in [7, 11) is 1.40. The van der Waals surface area contributed by atoms with Gasteiger partial charge in [-0.2, -0.15) is 0 Å². The quantitative estimate of drug-likeness (QED) is 0.725. The van der Waals surface area contributed by atoms with Gasteiger partial charge in [-0.3, -0.25) is 14.5 Å². The molecule has 0 unspecified atom stereocenters. The van der Waals surface area contributed by atoms with Gasteiger partial charge in [0.1, 0.15) is 0 Å². The summed E-state index contributed by atoms with van der Waals surface area (Å²) in [5.41, 5.74) is 5.55. The standard InChI is InChI=1S/C14H25N3O3/c1-20-12(18)10-16-6-8-17(9-7-16)13(19)14(11-15)4-2-3-5-14/h2-11,15H2,1H3. The van der Waals surface area contributed by atoms with Gasteiger partial charge in [-0.1, -0.05) is 12.8 Å². The number of nitrogens with zero attached hydrogens (tertiary/aromatic N) is 2. The van der Waals surface area contributed by atoms with Crippen molar-refractivity contribution in [2.75, 3.05) is 46.4 Å². The number of carbonyl (C=O) groups is 2. The summed E-state index contributed by atoms with van der Waals surface area (Å²) in [6.07, 6.45) is 4.05. The summed E-state index contributed by atoms with van der Waals surface area (Å²) < 4.78 is 4.66. The zero-order valence-corrected chi connectivity index (χ0v) is 12.3. The second-order valence-electron chi connectivity index (χ2n) is 5.84. The maximum atomic E-state index is 12.7. The molecule has 1 saturated heterocycles. The molecule has 1 aliphatic carbocycles. The van der Waals surface area contributed by atoms with Crippen LogP contribution >= 0.6 is 0 Å². The highest BCUT2D eigenvalue weighted by Crippen LogP contribution is 2.38. The SMILES string of the molecule is COC(=O)CN1CCN(C(=O)C2(CN)CCCC2)CC1. The van der Waals surface area contributed by atoms with E-state index < -0.39 is 0 Å². The Balaban J connectivity index is 1.87. The number of nitrogens with two attached hydrogens (primary N) is 1. The first-order chi connectivity index (χ1) is 9.61. The van der Waals surface area contributed by atoms with Gasteiger partial charge in [-0.25, -0.2) is 0 Å². The van der Waals surface area contributed by atoms with Crippen LogP contribution in [0.15, 0.2) is 0 Å². The number of hydrogen-bond donors (Lipinski definition) is 1. The minimum atomic E-state index is -0.315. The molecule has 0 radical (unpaired) electrons. The summed E-state index contributed by atoms with van der Waals surface area (Å²) >= 11 is 0. The highest BCUT2D eigenvalue weighted by molar-refractivity contribution is 5.83. The van der Waals surface area contributed by atoms with Crippen LogP contribution < -0.4 is 5.73 Å². The lowest BCUT2D eigenvalue weighted by Gasteiger charge is -2.39. The predicted octanol–water partition coefficient (Wildman–Crippen LogP) is -0.177.